The van der Waals surface area contributed by atoms with Crippen LogP contribution < -0.4 is 9.80 Å². The van der Waals surface area contributed by atoms with Crippen molar-refractivity contribution in [2.24, 2.45) is 0 Å². The van der Waals surface area contributed by atoms with E-state index in [1.165, 1.54) is 101 Å². The molecule has 3 aliphatic rings. The summed E-state index contributed by atoms with van der Waals surface area (Å²) in [5.41, 5.74) is 25.7. The van der Waals surface area contributed by atoms with E-state index in [4.69, 9.17) is 0 Å². The number of benzene rings is 8. The van der Waals surface area contributed by atoms with Gasteiger partial charge in [-0.05, 0) is 164 Å². The fourth-order valence-electron chi connectivity index (χ4n) is 11.3. The lowest BCUT2D eigenvalue weighted by atomic mass is 9.81. The SMILES string of the molecule is CCc1ccc2c(c1)C(C)(C)c1cc(N(c3ccccc3)c3ccc4c(c3)C(C)(C)c3cc(N(c5ccccc5)c5ccc6c(c5)C(C)(C)c5cc(CC)ccc5-6)ccc3-4)ccc1-2. The molecule has 0 fully saturated rings. The van der Waals surface area contributed by atoms with E-state index in [1.807, 2.05) is 0 Å². The van der Waals surface area contributed by atoms with E-state index in [0.29, 0.717) is 0 Å². The molecular formula is C61H56N2. The van der Waals surface area contributed by atoms with Gasteiger partial charge in [0.05, 0.1) is 0 Å². The van der Waals surface area contributed by atoms with Crippen LogP contribution in [0.15, 0.2) is 170 Å². The Morgan fingerprint density at radius 3 is 0.810 bits per heavy atom. The summed E-state index contributed by atoms with van der Waals surface area (Å²) in [7, 11) is 0. The van der Waals surface area contributed by atoms with Crippen LogP contribution in [0, 0.1) is 0 Å². The molecule has 0 atom stereocenters. The number of hydrogen-bond acceptors (Lipinski definition) is 2. The minimum absolute atomic E-state index is 0.0964. The predicted molar refractivity (Wildman–Crippen MR) is 267 cm³/mol. The summed E-state index contributed by atoms with van der Waals surface area (Å²) >= 11 is 0. The van der Waals surface area contributed by atoms with Crippen LogP contribution >= 0.6 is 0 Å². The van der Waals surface area contributed by atoms with Gasteiger partial charge in [0.1, 0.15) is 0 Å². The van der Waals surface area contributed by atoms with Crippen molar-refractivity contribution in [3.8, 4) is 33.4 Å². The summed E-state index contributed by atoms with van der Waals surface area (Å²) in [5, 5.41) is 0. The summed E-state index contributed by atoms with van der Waals surface area (Å²) in [6, 6.07) is 64.5. The van der Waals surface area contributed by atoms with E-state index in [2.05, 4.69) is 235 Å². The molecule has 0 unspecified atom stereocenters. The number of anilines is 6. The molecule has 2 heteroatoms. The summed E-state index contributed by atoms with van der Waals surface area (Å²) in [6.07, 6.45) is 2.08. The van der Waals surface area contributed by atoms with Gasteiger partial charge in [0, 0.05) is 50.4 Å². The summed E-state index contributed by atoms with van der Waals surface area (Å²) in [5.74, 6) is 0. The third-order valence-corrected chi connectivity index (χ3v) is 15.0. The van der Waals surface area contributed by atoms with Gasteiger partial charge in [-0.25, -0.2) is 0 Å². The highest BCUT2D eigenvalue weighted by Gasteiger charge is 2.40. The summed E-state index contributed by atoms with van der Waals surface area (Å²) < 4.78 is 0. The van der Waals surface area contributed by atoms with Crippen molar-refractivity contribution < 1.29 is 0 Å². The first kappa shape index (κ1) is 39.2. The zero-order valence-corrected chi connectivity index (χ0v) is 38.0. The van der Waals surface area contributed by atoms with Crippen molar-refractivity contribution in [1.82, 2.24) is 0 Å². The molecule has 11 rings (SSSR count). The number of fused-ring (bicyclic) bond motifs is 9. The Balaban J connectivity index is 0.994. The van der Waals surface area contributed by atoms with Crippen molar-refractivity contribution in [2.75, 3.05) is 9.80 Å². The third kappa shape index (κ3) is 5.91. The zero-order valence-electron chi connectivity index (χ0n) is 38.0. The van der Waals surface area contributed by atoms with Gasteiger partial charge in [0.25, 0.3) is 0 Å². The molecule has 0 N–H and O–H groups in total. The molecule has 3 aliphatic carbocycles. The molecule has 0 spiro atoms. The van der Waals surface area contributed by atoms with Crippen molar-refractivity contribution in [2.45, 2.75) is 84.5 Å². The van der Waals surface area contributed by atoms with Crippen LogP contribution in [0.2, 0.25) is 0 Å². The molecule has 2 nitrogen and oxygen atoms in total. The third-order valence-electron chi connectivity index (χ3n) is 15.0. The van der Waals surface area contributed by atoms with E-state index >= 15 is 0 Å². The van der Waals surface area contributed by atoms with Crippen LogP contribution in [-0.4, -0.2) is 0 Å². The van der Waals surface area contributed by atoms with Crippen LogP contribution in [0.1, 0.15) is 99.9 Å². The van der Waals surface area contributed by atoms with Crippen molar-refractivity contribution in [3.05, 3.63) is 214 Å². The Kier molecular flexibility index (Phi) is 8.84. The average molecular weight is 817 g/mol. The molecular weight excluding hydrogens is 761 g/mol. The van der Waals surface area contributed by atoms with Gasteiger partial charge in [0.2, 0.25) is 0 Å². The standard InChI is InChI=1S/C61H56N2/c1-9-39-21-27-47-49-29-23-43(35-55(49)59(3,4)53(47)33-39)62(41-17-13-11-14-18-41)45-25-31-51-52-32-26-46(38-58(52)61(7,8)57(51)37-45)63(42-19-15-12-16-20-42)44-24-30-50-48-28-22-40(10-2)34-54(48)60(5,6)56(50)36-44/h11-38H,9-10H2,1-8H3. The molecule has 0 radical (unpaired) electrons. The van der Waals surface area contributed by atoms with Crippen LogP contribution in [0.4, 0.5) is 34.1 Å². The highest BCUT2D eigenvalue weighted by molar-refractivity contribution is 5.91. The van der Waals surface area contributed by atoms with E-state index in [9.17, 15) is 0 Å². The number of nitrogens with zero attached hydrogens (tertiary/aromatic N) is 2. The first-order chi connectivity index (χ1) is 30.4. The lowest BCUT2D eigenvalue weighted by Gasteiger charge is -2.30. The zero-order chi connectivity index (χ0) is 43.4. The van der Waals surface area contributed by atoms with Crippen LogP contribution in [0.25, 0.3) is 33.4 Å². The fraction of sp³-hybridized carbons (Fsp3) is 0.213. The van der Waals surface area contributed by atoms with E-state index in [0.717, 1.165) is 24.2 Å². The second-order valence-electron chi connectivity index (χ2n) is 19.6. The molecule has 0 aromatic heterocycles. The molecule has 0 aliphatic heterocycles. The Labute approximate surface area is 374 Å². The fourth-order valence-corrected chi connectivity index (χ4v) is 11.3. The topological polar surface area (TPSA) is 6.48 Å². The van der Waals surface area contributed by atoms with Gasteiger partial charge in [0.15, 0.2) is 0 Å². The summed E-state index contributed by atoms with van der Waals surface area (Å²) in [6.45, 7) is 18.9. The largest absolute Gasteiger partial charge is 0.310 e. The molecule has 0 bridgehead atoms. The lowest BCUT2D eigenvalue weighted by molar-refractivity contribution is 0.659. The maximum Gasteiger partial charge on any atom is 0.0465 e. The summed E-state index contributed by atoms with van der Waals surface area (Å²) in [4.78, 5) is 4.91. The maximum atomic E-state index is 2.46. The molecule has 0 saturated carbocycles. The molecule has 0 heterocycles. The average Bonchev–Trinajstić information content (AvgIpc) is 3.78. The molecule has 0 amide bonds. The lowest BCUT2D eigenvalue weighted by Crippen LogP contribution is -2.19. The normalized spacial score (nSPS) is 15.2. The van der Waals surface area contributed by atoms with Gasteiger partial charge in [-0.15, -0.1) is 0 Å². The monoisotopic (exact) mass is 816 g/mol. The van der Waals surface area contributed by atoms with Crippen LogP contribution in [0.5, 0.6) is 0 Å². The van der Waals surface area contributed by atoms with Crippen molar-refractivity contribution >= 4 is 34.1 Å². The molecule has 0 saturated heterocycles. The quantitative estimate of drug-likeness (QED) is 0.151. The predicted octanol–water partition coefficient (Wildman–Crippen LogP) is 16.7. The smallest absolute Gasteiger partial charge is 0.0465 e. The van der Waals surface area contributed by atoms with Crippen molar-refractivity contribution in [3.63, 3.8) is 0 Å². The number of para-hydroxylation sites is 2. The van der Waals surface area contributed by atoms with E-state index in [-0.39, 0.29) is 16.2 Å². The Bertz CT molecular complexity index is 2900. The van der Waals surface area contributed by atoms with Gasteiger partial charge < -0.3 is 9.80 Å². The van der Waals surface area contributed by atoms with Gasteiger partial charge >= 0.3 is 0 Å². The Morgan fingerprint density at radius 1 is 0.286 bits per heavy atom. The van der Waals surface area contributed by atoms with Crippen LogP contribution in [0.3, 0.4) is 0 Å². The highest BCUT2D eigenvalue weighted by Crippen LogP contribution is 2.55. The first-order valence-corrected chi connectivity index (χ1v) is 23.0. The van der Waals surface area contributed by atoms with Crippen LogP contribution in [-0.2, 0) is 29.1 Å². The highest BCUT2D eigenvalue weighted by atomic mass is 15.1. The minimum Gasteiger partial charge on any atom is -0.310 e. The Hall–Kier alpha value is -6.64. The second-order valence-corrected chi connectivity index (χ2v) is 19.6. The Morgan fingerprint density at radius 2 is 0.540 bits per heavy atom. The maximum absolute atomic E-state index is 2.46. The molecule has 63 heavy (non-hydrogen) atoms. The first-order valence-electron chi connectivity index (χ1n) is 23.0. The van der Waals surface area contributed by atoms with Crippen molar-refractivity contribution in [1.29, 1.82) is 0 Å². The van der Waals surface area contributed by atoms with Gasteiger partial charge in [-0.3, -0.25) is 0 Å². The minimum atomic E-state index is -0.238. The number of hydrogen-bond donors (Lipinski definition) is 0. The van der Waals surface area contributed by atoms with Gasteiger partial charge in [-0.2, -0.15) is 0 Å². The van der Waals surface area contributed by atoms with E-state index in [1.54, 1.807) is 0 Å². The van der Waals surface area contributed by atoms with Gasteiger partial charge in [-0.1, -0.05) is 152 Å². The molecule has 8 aromatic carbocycles. The molecule has 8 aromatic rings. The molecule has 310 valence electrons. The number of aryl methyl sites for hydroxylation is 2. The second kappa shape index (κ2) is 14.2. The number of rotatable bonds is 8. The van der Waals surface area contributed by atoms with E-state index < -0.39 is 0 Å².